The second-order valence-electron chi connectivity index (χ2n) is 1.68. The van der Waals surface area contributed by atoms with Gasteiger partial charge in [0, 0.05) is 0 Å². The van der Waals surface area contributed by atoms with E-state index >= 15 is 0 Å². The third kappa shape index (κ3) is 7.46. The average Bonchev–Trinajstić information content (AvgIpc) is 1.97. The van der Waals surface area contributed by atoms with Gasteiger partial charge < -0.3 is 14.6 Å². The van der Waals surface area contributed by atoms with Crippen LogP contribution in [0.5, 0.6) is 0 Å². The third-order valence-corrected chi connectivity index (χ3v) is 0.813. The van der Waals surface area contributed by atoms with E-state index in [2.05, 4.69) is 0 Å². The van der Waals surface area contributed by atoms with E-state index in [1.807, 2.05) is 13.0 Å². The smallest absolute Gasteiger partial charge is 0.111 e. The highest BCUT2D eigenvalue weighted by Crippen LogP contribution is 1.78. The first-order valence-corrected chi connectivity index (χ1v) is 3.33. The van der Waals surface area contributed by atoms with Crippen LogP contribution < -0.4 is 0 Å². The van der Waals surface area contributed by atoms with Gasteiger partial charge in [-0.25, -0.2) is 0 Å². The third-order valence-electron chi connectivity index (χ3n) is 0.813. The van der Waals surface area contributed by atoms with Gasteiger partial charge in [0.15, 0.2) is 0 Å². The molecule has 0 amide bonds. The maximum atomic E-state index is 8.29. The minimum atomic E-state index is 0.0730. The Balaban J connectivity index is 2.77. The molecule has 0 radical (unpaired) electrons. The number of rotatable bonds is 6. The van der Waals surface area contributed by atoms with Crippen LogP contribution in [0.25, 0.3) is 0 Å². The lowest BCUT2D eigenvalue weighted by molar-refractivity contribution is 0.0600. The number of hydrogen-bond donors (Lipinski definition) is 1. The Labute approximate surface area is 61.3 Å². The maximum absolute atomic E-state index is 8.29. The molecular weight excluding hydrogens is 132 g/mol. The van der Waals surface area contributed by atoms with Crippen LogP contribution in [0.2, 0.25) is 0 Å². The summed E-state index contributed by atoms with van der Waals surface area (Å²) >= 11 is 0. The minimum absolute atomic E-state index is 0.0730. The summed E-state index contributed by atoms with van der Waals surface area (Å²) in [7, 11) is 0. The Morgan fingerprint density at radius 1 is 1.30 bits per heavy atom. The Morgan fingerprint density at radius 2 is 2.10 bits per heavy atom. The average molecular weight is 146 g/mol. The van der Waals surface area contributed by atoms with Crippen molar-refractivity contribution in [2.45, 2.75) is 6.92 Å². The summed E-state index contributed by atoms with van der Waals surface area (Å²) in [6.07, 6.45) is 3.42. The molecule has 3 heteroatoms. The summed E-state index contributed by atoms with van der Waals surface area (Å²) in [6, 6.07) is 0. The molecule has 10 heavy (non-hydrogen) atoms. The van der Waals surface area contributed by atoms with Gasteiger partial charge in [-0.2, -0.15) is 0 Å². The van der Waals surface area contributed by atoms with Gasteiger partial charge in [-0.3, -0.25) is 0 Å². The summed E-state index contributed by atoms with van der Waals surface area (Å²) < 4.78 is 9.86. The van der Waals surface area contributed by atoms with E-state index in [4.69, 9.17) is 14.6 Å². The van der Waals surface area contributed by atoms with Crippen molar-refractivity contribution in [3.63, 3.8) is 0 Å². The van der Waals surface area contributed by atoms with Crippen molar-refractivity contribution in [3.8, 4) is 0 Å². The molecule has 0 aliphatic carbocycles. The van der Waals surface area contributed by atoms with Crippen molar-refractivity contribution in [2.24, 2.45) is 0 Å². The van der Waals surface area contributed by atoms with Crippen molar-refractivity contribution in [1.29, 1.82) is 0 Å². The molecule has 1 N–H and O–H groups in total. The fourth-order valence-corrected chi connectivity index (χ4v) is 0.438. The Hall–Kier alpha value is -0.540. The van der Waals surface area contributed by atoms with Crippen LogP contribution in [0.1, 0.15) is 6.92 Å². The van der Waals surface area contributed by atoms with Crippen molar-refractivity contribution < 1.29 is 14.6 Å². The molecule has 0 bridgehead atoms. The Kier molecular flexibility index (Phi) is 8.00. The molecule has 0 aromatic heterocycles. The van der Waals surface area contributed by atoms with Crippen LogP contribution >= 0.6 is 0 Å². The number of allylic oxidation sites excluding steroid dienone is 1. The predicted octanol–water partition coefficient (Wildman–Crippen LogP) is 0.546. The molecule has 0 rings (SSSR count). The normalized spacial score (nSPS) is 10.6. The van der Waals surface area contributed by atoms with E-state index < -0.39 is 0 Å². The first kappa shape index (κ1) is 9.46. The summed E-state index contributed by atoms with van der Waals surface area (Å²) in [6.45, 7) is 3.42. The molecule has 0 spiro atoms. The first-order valence-electron chi connectivity index (χ1n) is 3.33. The molecule has 0 aliphatic heterocycles. The summed E-state index contributed by atoms with van der Waals surface area (Å²) in [4.78, 5) is 0. The van der Waals surface area contributed by atoms with Crippen LogP contribution in [0.15, 0.2) is 12.3 Å². The molecule has 0 unspecified atom stereocenters. The van der Waals surface area contributed by atoms with Gasteiger partial charge in [0.1, 0.15) is 6.61 Å². The standard InChI is InChI=1S/C7H14O3/c1-2-4-9-6-7-10-5-3-8/h2,4,8H,3,5-7H2,1H3. The van der Waals surface area contributed by atoms with Gasteiger partial charge in [-0.15, -0.1) is 0 Å². The van der Waals surface area contributed by atoms with E-state index in [9.17, 15) is 0 Å². The van der Waals surface area contributed by atoms with Crippen LogP contribution in [-0.4, -0.2) is 31.5 Å². The van der Waals surface area contributed by atoms with Gasteiger partial charge >= 0.3 is 0 Å². The predicted molar refractivity (Wildman–Crippen MR) is 38.7 cm³/mol. The zero-order valence-corrected chi connectivity index (χ0v) is 6.25. The van der Waals surface area contributed by atoms with Crippen LogP contribution in [0.3, 0.4) is 0 Å². The molecule has 3 nitrogen and oxygen atoms in total. The lowest BCUT2D eigenvalue weighted by atomic mass is 10.7. The van der Waals surface area contributed by atoms with E-state index in [0.29, 0.717) is 19.8 Å². The van der Waals surface area contributed by atoms with Crippen molar-refractivity contribution >= 4 is 0 Å². The van der Waals surface area contributed by atoms with Crippen LogP contribution in [-0.2, 0) is 9.47 Å². The molecular formula is C7H14O3. The number of aliphatic hydroxyl groups excluding tert-OH is 1. The van der Waals surface area contributed by atoms with E-state index in [0.717, 1.165) is 0 Å². The highest BCUT2D eigenvalue weighted by molar-refractivity contribution is 4.64. The zero-order chi connectivity index (χ0) is 7.66. The number of hydrogen-bond acceptors (Lipinski definition) is 3. The Morgan fingerprint density at radius 3 is 2.70 bits per heavy atom. The highest BCUT2D eigenvalue weighted by Gasteiger charge is 1.83. The van der Waals surface area contributed by atoms with E-state index in [1.165, 1.54) is 0 Å². The van der Waals surface area contributed by atoms with Gasteiger partial charge in [0.25, 0.3) is 0 Å². The monoisotopic (exact) mass is 146 g/mol. The van der Waals surface area contributed by atoms with Gasteiger partial charge in [0.2, 0.25) is 0 Å². The lowest BCUT2D eigenvalue weighted by Gasteiger charge is -2.00. The van der Waals surface area contributed by atoms with Crippen molar-refractivity contribution in [1.82, 2.24) is 0 Å². The number of ether oxygens (including phenoxy) is 2. The molecule has 0 saturated heterocycles. The fourth-order valence-electron chi connectivity index (χ4n) is 0.438. The molecule has 0 heterocycles. The van der Waals surface area contributed by atoms with Gasteiger partial charge in [-0.1, -0.05) is 6.08 Å². The van der Waals surface area contributed by atoms with Crippen molar-refractivity contribution in [3.05, 3.63) is 12.3 Å². The topological polar surface area (TPSA) is 38.7 Å². The second kappa shape index (κ2) is 8.46. The maximum Gasteiger partial charge on any atom is 0.111 e. The molecule has 0 saturated carbocycles. The summed E-state index contributed by atoms with van der Waals surface area (Å²) in [5.74, 6) is 0. The molecule has 0 fully saturated rings. The molecule has 0 aliphatic rings. The van der Waals surface area contributed by atoms with E-state index in [-0.39, 0.29) is 6.61 Å². The van der Waals surface area contributed by atoms with Crippen molar-refractivity contribution in [2.75, 3.05) is 26.4 Å². The lowest BCUT2D eigenvalue weighted by Crippen LogP contribution is -2.04. The van der Waals surface area contributed by atoms with Crippen LogP contribution in [0.4, 0.5) is 0 Å². The zero-order valence-electron chi connectivity index (χ0n) is 6.25. The summed E-state index contributed by atoms with van der Waals surface area (Å²) in [5, 5.41) is 8.29. The Bertz CT molecular complexity index is 80.9. The molecule has 0 aromatic rings. The second-order valence-corrected chi connectivity index (χ2v) is 1.68. The largest absolute Gasteiger partial charge is 0.499 e. The quantitative estimate of drug-likeness (QED) is 0.439. The highest BCUT2D eigenvalue weighted by atomic mass is 16.5. The minimum Gasteiger partial charge on any atom is -0.499 e. The molecule has 60 valence electrons. The van der Waals surface area contributed by atoms with Crippen LogP contribution in [0, 0.1) is 0 Å². The van der Waals surface area contributed by atoms with Gasteiger partial charge in [-0.05, 0) is 6.92 Å². The fraction of sp³-hybridized carbons (Fsp3) is 0.714. The first-order chi connectivity index (χ1) is 4.91. The number of aliphatic hydroxyl groups is 1. The van der Waals surface area contributed by atoms with Gasteiger partial charge in [0.05, 0.1) is 26.1 Å². The summed E-state index contributed by atoms with van der Waals surface area (Å²) in [5.41, 5.74) is 0. The van der Waals surface area contributed by atoms with E-state index in [1.54, 1.807) is 6.26 Å². The molecule has 0 atom stereocenters. The molecule has 0 aromatic carbocycles. The SMILES string of the molecule is CC=COCCOCCO.